The molecule has 0 saturated heterocycles. The number of halogens is 2. The van der Waals surface area contributed by atoms with Gasteiger partial charge < -0.3 is 5.73 Å². The van der Waals surface area contributed by atoms with Crippen LogP contribution in [0.1, 0.15) is 44.2 Å². The fraction of sp³-hybridized carbons (Fsp3) is 0.500. The molecule has 0 aromatic heterocycles. The van der Waals surface area contributed by atoms with Gasteiger partial charge in [0.2, 0.25) is 0 Å². The van der Waals surface area contributed by atoms with E-state index in [4.69, 9.17) is 17.3 Å². The lowest BCUT2D eigenvalue weighted by Crippen LogP contribution is -2.10. The van der Waals surface area contributed by atoms with Gasteiger partial charge >= 0.3 is 0 Å². The van der Waals surface area contributed by atoms with Crippen LogP contribution in [0.5, 0.6) is 0 Å². The largest absolute Gasteiger partial charge is 0.324 e. The molecule has 0 heterocycles. The van der Waals surface area contributed by atoms with Crippen LogP contribution >= 0.6 is 27.5 Å². The Hall–Kier alpha value is -0.0500. The molecule has 3 heteroatoms. The van der Waals surface area contributed by atoms with Crippen molar-refractivity contribution < 1.29 is 0 Å². The monoisotopic (exact) mass is 289 g/mol. The second kappa shape index (κ2) is 6.51. The van der Waals surface area contributed by atoms with Crippen LogP contribution in [0.3, 0.4) is 0 Å². The van der Waals surface area contributed by atoms with E-state index in [1.165, 1.54) is 19.3 Å². The second-order valence-electron chi connectivity index (χ2n) is 3.77. The summed E-state index contributed by atoms with van der Waals surface area (Å²) in [5.74, 6) is 0. The molecule has 0 aliphatic rings. The maximum absolute atomic E-state index is 6.12. The fourth-order valence-electron chi connectivity index (χ4n) is 1.57. The fourth-order valence-corrected chi connectivity index (χ4v) is 2.29. The molecule has 0 aliphatic heterocycles. The number of nitrogens with two attached hydrogens (primary N) is 1. The predicted molar refractivity (Wildman–Crippen MR) is 70.2 cm³/mol. The molecule has 0 spiro atoms. The molecular weight excluding hydrogens is 273 g/mol. The third-order valence-corrected chi connectivity index (χ3v) is 3.43. The van der Waals surface area contributed by atoms with E-state index in [2.05, 4.69) is 22.9 Å². The van der Waals surface area contributed by atoms with Gasteiger partial charge in [-0.2, -0.15) is 0 Å². The van der Waals surface area contributed by atoms with Crippen LogP contribution in [0.15, 0.2) is 22.7 Å². The third kappa shape index (κ3) is 4.13. The molecule has 0 radical (unpaired) electrons. The van der Waals surface area contributed by atoms with Crippen LogP contribution in [-0.4, -0.2) is 0 Å². The molecular formula is C12H17BrClN. The van der Waals surface area contributed by atoms with Gasteiger partial charge in [0.1, 0.15) is 0 Å². The van der Waals surface area contributed by atoms with Crippen molar-refractivity contribution in [3.63, 3.8) is 0 Å². The van der Waals surface area contributed by atoms with Gasteiger partial charge in [-0.15, -0.1) is 0 Å². The van der Waals surface area contributed by atoms with Gasteiger partial charge in [0.25, 0.3) is 0 Å². The Morgan fingerprint density at radius 1 is 1.40 bits per heavy atom. The summed E-state index contributed by atoms with van der Waals surface area (Å²) < 4.78 is 1.05. The molecule has 0 bridgehead atoms. The highest BCUT2D eigenvalue weighted by Crippen LogP contribution is 2.28. The van der Waals surface area contributed by atoms with Gasteiger partial charge in [-0.05, 0) is 30.2 Å². The number of hydrogen-bond donors (Lipinski definition) is 1. The smallest absolute Gasteiger partial charge is 0.0410 e. The van der Waals surface area contributed by atoms with Crippen molar-refractivity contribution in [2.75, 3.05) is 0 Å². The Morgan fingerprint density at radius 2 is 2.13 bits per heavy atom. The van der Waals surface area contributed by atoms with Crippen molar-refractivity contribution >= 4 is 27.5 Å². The van der Waals surface area contributed by atoms with Crippen LogP contribution in [0.4, 0.5) is 0 Å². The molecule has 1 rings (SSSR count). The van der Waals surface area contributed by atoms with E-state index in [1.807, 2.05) is 18.2 Å². The zero-order chi connectivity index (χ0) is 11.3. The Kier molecular flexibility index (Phi) is 5.65. The van der Waals surface area contributed by atoms with Gasteiger partial charge in [-0.3, -0.25) is 0 Å². The summed E-state index contributed by atoms with van der Waals surface area (Å²) >= 11 is 9.45. The summed E-state index contributed by atoms with van der Waals surface area (Å²) in [5.41, 5.74) is 7.23. The van der Waals surface area contributed by atoms with E-state index in [1.54, 1.807) is 0 Å². The number of rotatable bonds is 5. The summed E-state index contributed by atoms with van der Waals surface area (Å²) in [4.78, 5) is 0. The third-order valence-electron chi connectivity index (χ3n) is 2.48. The Morgan fingerprint density at radius 3 is 2.80 bits per heavy atom. The first-order valence-electron chi connectivity index (χ1n) is 5.35. The van der Waals surface area contributed by atoms with Crippen molar-refractivity contribution in [2.24, 2.45) is 5.73 Å². The molecule has 1 aromatic carbocycles. The van der Waals surface area contributed by atoms with E-state index in [9.17, 15) is 0 Å². The molecule has 0 saturated carbocycles. The van der Waals surface area contributed by atoms with Crippen molar-refractivity contribution in [1.82, 2.24) is 0 Å². The number of unbranched alkanes of at least 4 members (excludes halogenated alkanes) is 2. The lowest BCUT2D eigenvalue weighted by molar-refractivity contribution is 0.580. The molecule has 0 amide bonds. The van der Waals surface area contributed by atoms with E-state index in [-0.39, 0.29) is 6.04 Å². The molecule has 1 atom stereocenters. The minimum Gasteiger partial charge on any atom is -0.324 e. The van der Waals surface area contributed by atoms with Crippen molar-refractivity contribution in [3.8, 4) is 0 Å². The molecule has 1 aromatic rings. The zero-order valence-electron chi connectivity index (χ0n) is 8.97. The SMILES string of the molecule is CCCCCC(N)c1cc(Cl)ccc1Br. The lowest BCUT2D eigenvalue weighted by Gasteiger charge is -2.13. The highest BCUT2D eigenvalue weighted by atomic mass is 79.9. The van der Waals surface area contributed by atoms with Crippen LogP contribution in [0, 0.1) is 0 Å². The number of hydrogen-bond acceptors (Lipinski definition) is 1. The van der Waals surface area contributed by atoms with Gasteiger partial charge in [-0.25, -0.2) is 0 Å². The highest BCUT2D eigenvalue weighted by Gasteiger charge is 2.09. The summed E-state index contributed by atoms with van der Waals surface area (Å²) in [6, 6.07) is 5.86. The minimum absolute atomic E-state index is 0.0876. The quantitative estimate of drug-likeness (QED) is 0.783. The Labute approximate surface area is 105 Å². The van der Waals surface area contributed by atoms with Gasteiger partial charge in [0.15, 0.2) is 0 Å². The Bertz CT molecular complexity index is 314. The average Bonchev–Trinajstić information content (AvgIpc) is 2.22. The summed E-state index contributed by atoms with van der Waals surface area (Å²) in [5, 5.41) is 0.749. The summed E-state index contributed by atoms with van der Waals surface area (Å²) in [6.45, 7) is 2.20. The van der Waals surface area contributed by atoms with Crippen LogP contribution in [0.25, 0.3) is 0 Å². The zero-order valence-corrected chi connectivity index (χ0v) is 11.3. The van der Waals surface area contributed by atoms with Gasteiger partial charge in [0.05, 0.1) is 0 Å². The topological polar surface area (TPSA) is 26.0 Å². The standard InChI is InChI=1S/C12H17BrClN/c1-2-3-4-5-12(15)10-8-9(14)6-7-11(10)13/h6-8,12H,2-5,15H2,1H3. The number of benzene rings is 1. The second-order valence-corrected chi connectivity index (χ2v) is 5.06. The normalized spacial score (nSPS) is 12.8. The van der Waals surface area contributed by atoms with Crippen molar-refractivity contribution in [3.05, 3.63) is 33.3 Å². The summed E-state index contributed by atoms with van der Waals surface area (Å²) in [6.07, 6.45) is 4.67. The molecule has 84 valence electrons. The highest BCUT2D eigenvalue weighted by molar-refractivity contribution is 9.10. The average molecular weight is 291 g/mol. The molecule has 0 fully saturated rings. The predicted octanol–water partition coefficient (Wildman–Crippen LogP) is 4.68. The summed E-state index contributed by atoms with van der Waals surface area (Å²) in [7, 11) is 0. The van der Waals surface area contributed by atoms with E-state index in [0.717, 1.165) is 21.5 Å². The molecule has 1 unspecified atom stereocenters. The van der Waals surface area contributed by atoms with Gasteiger partial charge in [-0.1, -0.05) is 53.7 Å². The van der Waals surface area contributed by atoms with Crippen molar-refractivity contribution in [1.29, 1.82) is 0 Å². The van der Waals surface area contributed by atoms with E-state index < -0.39 is 0 Å². The van der Waals surface area contributed by atoms with Crippen molar-refractivity contribution in [2.45, 2.75) is 38.6 Å². The van der Waals surface area contributed by atoms with Crippen LogP contribution in [0.2, 0.25) is 5.02 Å². The first-order valence-corrected chi connectivity index (χ1v) is 6.52. The van der Waals surface area contributed by atoms with Gasteiger partial charge in [0, 0.05) is 15.5 Å². The maximum atomic E-state index is 6.12. The lowest BCUT2D eigenvalue weighted by atomic mass is 10.0. The molecule has 0 aliphatic carbocycles. The Balaban J connectivity index is 2.64. The minimum atomic E-state index is 0.0876. The van der Waals surface area contributed by atoms with Crippen LogP contribution in [-0.2, 0) is 0 Å². The molecule has 1 nitrogen and oxygen atoms in total. The molecule has 15 heavy (non-hydrogen) atoms. The van der Waals surface area contributed by atoms with E-state index >= 15 is 0 Å². The maximum Gasteiger partial charge on any atom is 0.0410 e. The first kappa shape index (κ1) is 13.0. The van der Waals surface area contributed by atoms with Crippen LogP contribution < -0.4 is 5.73 Å². The first-order chi connectivity index (χ1) is 7.15. The molecule has 2 N–H and O–H groups in total. The van der Waals surface area contributed by atoms with E-state index in [0.29, 0.717) is 0 Å².